The minimum atomic E-state index is 0.322. The van der Waals surface area contributed by atoms with Crippen LogP contribution >= 0.6 is 0 Å². The van der Waals surface area contributed by atoms with Crippen molar-refractivity contribution in [2.75, 3.05) is 0 Å². The summed E-state index contributed by atoms with van der Waals surface area (Å²) < 4.78 is 11.2. The number of aromatic nitrogens is 4. The van der Waals surface area contributed by atoms with Crippen LogP contribution < -0.4 is 4.74 Å². The Labute approximate surface area is 310 Å². The molecule has 0 bridgehead atoms. The highest BCUT2D eigenvalue weighted by atomic mass is 16.5. The number of ether oxygens (including phenoxy) is 1. The standard InChI is InChI=1S/C47H56N4O/c1-27(2)34-21-36(51-33(11)46(32(10)49-51)47-41(29(5)6)23-35(28(3)4)24-42(47)30(7)8)25-38(22-34)52-37-16-17-40-39-14-12-13-15-43(39)50(44(40)26-37)45-20-31(9)18-19-48-45/h12-23,25-30,35,42,47H,24H2,1-11H3/t35-,42-,47?/m1/s1. The fourth-order valence-electron chi connectivity index (χ4n) is 8.69. The molecule has 7 rings (SSSR count). The van der Waals surface area contributed by atoms with Gasteiger partial charge in [-0.3, -0.25) is 4.57 Å². The third kappa shape index (κ3) is 6.48. The summed E-state index contributed by atoms with van der Waals surface area (Å²) in [5, 5.41) is 7.66. The van der Waals surface area contributed by atoms with Crippen molar-refractivity contribution in [3.05, 3.63) is 119 Å². The molecule has 3 aromatic heterocycles. The number of pyridine rings is 1. The summed E-state index contributed by atoms with van der Waals surface area (Å²) in [7, 11) is 0. The third-order valence-corrected chi connectivity index (χ3v) is 11.6. The van der Waals surface area contributed by atoms with E-state index in [-0.39, 0.29) is 0 Å². The van der Waals surface area contributed by atoms with E-state index >= 15 is 0 Å². The zero-order chi connectivity index (χ0) is 37.0. The average molecular weight is 693 g/mol. The maximum Gasteiger partial charge on any atom is 0.137 e. The van der Waals surface area contributed by atoms with Gasteiger partial charge in [0, 0.05) is 46.3 Å². The first-order valence-electron chi connectivity index (χ1n) is 19.4. The molecule has 270 valence electrons. The van der Waals surface area contributed by atoms with Crippen molar-refractivity contribution >= 4 is 21.8 Å². The Hall–Kier alpha value is -4.64. The monoisotopic (exact) mass is 692 g/mol. The zero-order valence-electron chi connectivity index (χ0n) is 33.0. The van der Waals surface area contributed by atoms with Crippen LogP contribution in [0.5, 0.6) is 11.5 Å². The Kier molecular flexibility index (Phi) is 9.67. The highest BCUT2D eigenvalue weighted by molar-refractivity contribution is 6.09. The smallest absolute Gasteiger partial charge is 0.137 e. The van der Waals surface area contributed by atoms with Crippen molar-refractivity contribution in [1.82, 2.24) is 19.3 Å². The van der Waals surface area contributed by atoms with E-state index in [0.717, 1.165) is 39.7 Å². The number of fused-ring (bicyclic) bond motifs is 3. The summed E-state index contributed by atoms with van der Waals surface area (Å²) in [6.45, 7) is 25.4. The number of allylic oxidation sites excluding steroid dienone is 2. The van der Waals surface area contributed by atoms with Crippen LogP contribution in [0.25, 0.3) is 33.3 Å². The highest BCUT2D eigenvalue weighted by Crippen LogP contribution is 2.50. The number of hydrogen-bond donors (Lipinski definition) is 0. The highest BCUT2D eigenvalue weighted by Gasteiger charge is 2.39. The van der Waals surface area contributed by atoms with Crippen LogP contribution in [0.2, 0.25) is 0 Å². The molecule has 0 spiro atoms. The lowest BCUT2D eigenvalue weighted by molar-refractivity contribution is 0.232. The second kappa shape index (κ2) is 14.1. The normalized spacial score (nSPS) is 18.1. The fraction of sp³-hybridized carbons (Fsp3) is 0.404. The summed E-state index contributed by atoms with van der Waals surface area (Å²) in [5.41, 5.74) is 11.0. The van der Waals surface area contributed by atoms with Gasteiger partial charge in [0.2, 0.25) is 0 Å². The van der Waals surface area contributed by atoms with Crippen molar-refractivity contribution in [3.63, 3.8) is 0 Å². The van der Waals surface area contributed by atoms with Crippen LogP contribution in [0.15, 0.2) is 90.6 Å². The number of benzene rings is 3. The van der Waals surface area contributed by atoms with Gasteiger partial charge in [0.05, 0.1) is 22.4 Å². The van der Waals surface area contributed by atoms with E-state index in [1.54, 1.807) is 5.57 Å². The molecule has 0 aliphatic heterocycles. The molecule has 0 saturated carbocycles. The fourth-order valence-corrected chi connectivity index (χ4v) is 8.69. The van der Waals surface area contributed by atoms with E-state index in [4.69, 9.17) is 14.8 Å². The van der Waals surface area contributed by atoms with Gasteiger partial charge < -0.3 is 4.74 Å². The van der Waals surface area contributed by atoms with Crippen LogP contribution in [0, 0.1) is 50.4 Å². The molecule has 0 N–H and O–H groups in total. The molecule has 1 aliphatic rings. The molecule has 0 fully saturated rings. The predicted octanol–water partition coefficient (Wildman–Crippen LogP) is 12.8. The number of para-hydroxylation sites is 1. The van der Waals surface area contributed by atoms with Crippen LogP contribution in [0.1, 0.15) is 102 Å². The van der Waals surface area contributed by atoms with Crippen LogP contribution in [0.3, 0.4) is 0 Å². The van der Waals surface area contributed by atoms with E-state index in [9.17, 15) is 0 Å². The Morgan fingerprint density at radius 1 is 0.731 bits per heavy atom. The summed E-state index contributed by atoms with van der Waals surface area (Å²) in [5.74, 6) is 6.10. The van der Waals surface area contributed by atoms with Gasteiger partial charge in [-0.1, -0.05) is 85.2 Å². The summed E-state index contributed by atoms with van der Waals surface area (Å²) >= 11 is 0. The predicted molar refractivity (Wildman–Crippen MR) is 217 cm³/mol. The van der Waals surface area contributed by atoms with Gasteiger partial charge in [-0.15, -0.1) is 0 Å². The molecule has 5 heteroatoms. The quantitative estimate of drug-likeness (QED) is 0.142. The molecule has 3 heterocycles. The maximum atomic E-state index is 6.79. The van der Waals surface area contributed by atoms with Gasteiger partial charge in [0.25, 0.3) is 0 Å². The van der Waals surface area contributed by atoms with Gasteiger partial charge in [-0.05, 0) is 116 Å². The topological polar surface area (TPSA) is 44.9 Å². The summed E-state index contributed by atoms with van der Waals surface area (Å²) in [4.78, 5) is 4.77. The van der Waals surface area contributed by atoms with Crippen molar-refractivity contribution in [3.8, 4) is 23.0 Å². The zero-order valence-corrected chi connectivity index (χ0v) is 33.0. The van der Waals surface area contributed by atoms with E-state index in [1.807, 2.05) is 12.3 Å². The summed E-state index contributed by atoms with van der Waals surface area (Å²) in [6, 6.07) is 25.8. The molecule has 0 radical (unpaired) electrons. The number of hydrogen-bond acceptors (Lipinski definition) is 3. The van der Waals surface area contributed by atoms with E-state index in [2.05, 4.69) is 158 Å². The van der Waals surface area contributed by atoms with Gasteiger partial charge in [0.1, 0.15) is 17.3 Å². The van der Waals surface area contributed by atoms with E-state index in [0.29, 0.717) is 41.4 Å². The van der Waals surface area contributed by atoms with Crippen LogP contribution in [-0.2, 0) is 0 Å². The molecule has 3 atom stereocenters. The van der Waals surface area contributed by atoms with Crippen LogP contribution in [0.4, 0.5) is 0 Å². The van der Waals surface area contributed by atoms with Crippen molar-refractivity contribution in [2.45, 2.75) is 94.4 Å². The maximum absolute atomic E-state index is 6.79. The van der Waals surface area contributed by atoms with Gasteiger partial charge >= 0.3 is 0 Å². The SMILES string of the molecule is Cc1ccnc(-n2c3ccccc3c3ccc(Oc4cc(C(C)C)cc(-n5nc(C)c(C6C(C(C)C)=C[C@@H](C(C)C)C[C@@H]6C(C)C)c5C)c4)cc32)c1. The molecule has 6 aromatic rings. The van der Waals surface area contributed by atoms with Crippen LogP contribution in [-0.4, -0.2) is 19.3 Å². The first-order chi connectivity index (χ1) is 24.8. The molecule has 1 unspecified atom stereocenters. The van der Waals surface area contributed by atoms with Crippen molar-refractivity contribution < 1.29 is 4.74 Å². The van der Waals surface area contributed by atoms with E-state index in [1.165, 1.54) is 39.6 Å². The first-order valence-corrected chi connectivity index (χ1v) is 19.4. The van der Waals surface area contributed by atoms with Gasteiger partial charge in [-0.25, -0.2) is 9.67 Å². The molecule has 1 aliphatic carbocycles. The minimum Gasteiger partial charge on any atom is -0.457 e. The number of rotatable bonds is 9. The lowest BCUT2D eigenvalue weighted by Gasteiger charge is -2.41. The molecule has 52 heavy (non-hydrogen) atoms. The molecular formula is C47H56N4O. The Morgan fingerprint density at radius 2 is 1.48 bits per heavy atom. The number of aryl methyl sites for hydroxylation is 2. The lowest BCUT2D eigenvalue weighted by atomic mass is 9.63. The van der Waals surface area contributed by atoms with E-state index < -0.39 is 0 Å². The Bertz CT molecular complexity index is 2280. The van der Waals surface area contributed by atoms with Gasteiger partial charge in [-0.2, -0.15) is 5.10 Å². The Balaban J connectivity index is 1.32. The largest absolute Gasteiger partial charge is 0.457 e. The average Bonchev–Trinajstić information content (AvgIpc) is 3.59. The second-order valence-corrected chi connectivity index (χ2v) is 16.6. The molecule has 3 aromatic carbocycles. The first kappa shape index (κ1) is 35.7. The van der Waals surface area contributed by atoms with Gasteiger partial charge in [0.15, 0.2) is 0 Å². The Morgan fingerprint density at radius 3 is 2.17 bits per heavy atom. The summed E-state index contributed by atoms with van der Waals surface area (Å²) in [6.07, 6.45) is 5.74. The minimum absolute atomic E-state index is 0.322. The number of nitrogens with zero attached hydrogens (tertiary/aromatic N) is 4. The third-order valence-electron chi connectivity index (χ3n) is 11.6. The second-order valence-electron chi connectivity index (χ2n) is 16.6. The molecule has 0 amide bonds. The lowest BCUT2D eigenvalue weighted by Crippen LogP contribution is -2.31. The molecular weight excluding hydrogens is 637 g/mol. The van der Waals surface area contributed by atoms with Crippen molar-refractivity contribution in [2.24, 2.45) is 29.6 Å². The van der Waals surface area contributed by atoms with Crippen molar-refractivity contribution in [1.29, 1.82) is 0 Å². The molecule has 0 saturated heterocycles. The molecule has 5 nitrogen and oxygen atoms in total.